The van der Waals surface area contributed by atoms with E-state index in [1.807, 2.05) is 36.3 Å². The third-order valence-corrected chi connectivity index (χ3v) is 5.77. The van der Waals surface area contributed by atoms with Crippen LogP contribution in [0.4, 0.5) is 0 Å². The van der Waals surface area contributed by atoms with Crippen molar-refractivity contribution in [3.8, 4) is 0 Å². The van der Waals surface area contributed by atoms with Crippen LogP contribution in [0.1, 0.15) is 50.9 Å². The van der Waals surface area contributed by atoms with Crippen LogP contribution >= 0.6 is 11.8 Å². The molecular formula is C19H23N3O3S. The number of likely N-dealkylation sites (tertiary alicyclic amines) is 1. The lowest BCUT2D eigenvalue weighted by atomic mass is 10.0. The van der Waals surface area contributed by atoms with Gasteiger partial charge < -0.3 is 10.0 Å². The zero-order valence-corrected chi connectivity index (χ0v) is 16.0. The molecule has 1 amide bonds. The Morgan fingerprint density at radius 2 is 1.88 bits per heavy atom. The van der Waals surface area contributed by atoms with Crippen LogP contribution in [-0.4, -0.2) is 51.0 Å². The fourth-order valence-corrected chi connectivity index (χ4v) is 3.88. The SMILES string of the molecule is CSc1ccc(C)c(C(=O)N2CCC(n3ncc(C(=O)O)c3C)CC2)c1. The van der Waals surface area contributed by atoms with Crippen molar-refractivity contribution in [2.45, 2.75) is 37.6 Å². The van der Waals surface area contributed by atoms with Gasteiger partial charge in [-0.1, -0.05) is 6.07 Å². The van der Waals surface area contributed by atoms with E-state index in [4.69, 9.17) is 0 Å². The summed E-state index contributed by atoms with van der Waals surface area (Å²) in [6.45, 7) is 5.04. The Balaban J connectivity index is 1.71. The number of rotatable bonds is 4. The van der Waals surface area contributed by atoms with Crippen LogP contribution in [-0.2, 0) is 0 Å². The second-order valence-electron chi connectivity index (χ2n) is 6.60. The molecule has 1 saturated heterocycles. The average Bonchev–Trinajstić information content (AvgIpc) is 3.03. The number of aromatic nitrogens is 2. The highest BCUT2D eigenvalue weighted by Crippen LogP contribution is 2.27. The Morgan fingerprint density at radius 3 is 2.46 bits per heavy atom. The Kier molecular flexibility index (Phi) is 5.36. The molecule has 0 unspecified atom stereocenters. The normalized spacial score (nSPS) is 15.3. The summed E-state index contributed by atoms with van der Waals surface area (Å²) in [5, 5.41) is 13.4. The Morgan fingerprint density at radius 1 is 1.19 bits per heavy atom. The second kappa shape index (κ2) is 7.53. The number of piperidine rings is 1. The van der Waals surface area contributed by atoms with Gasteiger partial charge in [0.25, 0.3) is 5.91 Å². The minimum atomic E-state index is -0.953. The van der Waals surface area contributed by atoms with Crippen molar-refractivity contribution in [1.82, 2.24) is 14.7 Å². The Hall–Kier alpha value is -2.28. The molecular weight excluding hydrogens is 350 g/mol. The van der Waals surface area contributed by atoms with E-state index in [0.29, 0.717) is 18.8 Å². The molecule has 1 aromatic carbocycles. The van der Waals surface area contributed by atoms with Crippen LogP contribution in [0.25, 0.3) is 0 Å². The lowest BCUT2D eigenvalue weighted by Crippen LogP contribution is -2.39. The first-order valence-corrected chi connectivity index (χ1v) is 9.86. The van der Waals surface area contributed by atoms with Crippen molar-refractivity contribution in [2.75, 3.05) is 19.3 Å². The van der Waals surface area contributed by atoms with Crippen molar-refractivity contribution in [2.24, 2.45) is 0 Å². The predicted octanol–water partition coefficient (Wildman–Crippen LogP) is 3.40. The quantitative estimate of drug-likeness (QED) is 0.832. The van der Waals surface area contributed by atoms with E-state index >= 15 is 0 Å². The molecule has 0 aliphatic carbocycles. The monoisotopic (exact) mass is 373 g/mol. The smallest absolute Gasteiger partial charge is 0.339 e. The van der Waals surface area contributed by atoms with Crippen LogP contribution in [0.3, 0.4) is 0 Å². The van der Waals surface area contributed by atoms with E-state index in [0.717, 1.165) is 28.9 Å². The molecule has 2 aromatic rings. The van der Waals surface area contributed by atoms with Crippen molar-refractivity contribution < 1.29 is 14.7 Å². The number of hydrogen-bond acceptors (Lipinski definition) is 4. The summed E-state index contributed by atoms with van der Waals surface area (Å²) in [5.74, 6) is -0.884. The van der Waals surface area contributed by atoms with Gasteiger partial charge in [-0.3, -0.25) is 9.48 Å². The van der Waals surface area contributed by atoms with Gasteiger partial charge in [-0.15, -0.1) is 11.8 Å². The van der Waals surface area contributed by atoms with Crippen LogP contribution in [0.2, 0.25) is 0 Å². The van der Waals surface area contributed by atoms with Crippen molar-refractivity contribution in [1.29, 1.82) is 0 Å². The van der Waals surface area contributed by atoms with Gasteiger partial charge in [0.1, 0.15) is 5.56 Å². The maximum Gasteiger partial charge on any atom is 0.339 e. The zero-order valence-electron chi connectivity index (χ0n) is 15.2. The topological polar surface area (TPSA) is 75.4 Å². The fraction of sp³-hybridized carbons (Fsp3) is 0.421. The first-order valence-electron chi connectivity index (χ1n) is 8.63. The van der Waals surface area contributed by atoms with E-state index in [9.17, 15) is 14.7 Å². The second-order valence-corrected chi connectivity index (χ2v) is 7.48. The maximum absolute atomic E-state index is 12.9. The van der Waals surface area contributed by atoms with Gasteiger partial charge in [0, 0.05) is 23.5 Å². The summed E-state index contributed by atoms with van der Waals surface area (Å²) >= 11 is 1.63. The van der Waals surface area contributed by atoms with Gasteiger partial charge in [0.2, 0.25) is 0 Å². The van der Waals surface area contributed by atoms with Gasteiger partial charge in [-0.05, 0) is 50.6 Å². The van der Waals surface area contributed by atoms with E-state index in [1.165, 1.54) is 6.20 Å². The molecule has 3 rings (SSSR count). The zero-order chi connectivity index (χ0) is 18.8. The lowest BCUT2D eigenvalue weighted by molar-refractivity contribution is 0.0687. The van der Waals surface area contributed by atoms with Crippen LogP contribution in [0, 0.1) is 13.8 Å². The fourth-order valence-electron chi connectivity index (χ4n) is 3.44. The number of amides is 1. The van der Waals surface area contributed by atoms with E-state index < -0.39 is 5.97 Å². The number of carboxylic acids is 1. The molecule has 0 spiro atoms. The molecule has 1 fully saturated rings. The van der Waals surface area contributed by atoms with Gasteiger partial charge in [-0.25, -0.2) is 4.79 Å². The van der Waals surface area contributed by atoms with E-state index in [-0.39, 0.29) is 17.5 Å². The van der Waals surface area contributed by atoms with Gasteiger partial charge in [0.15, 0.2) is 0 Å². The first kappa shape index (κ1) is 18.5. The highest BCUT2D eigenvalue weighted by atomic mass is 32.2. The van der Waals surface area contributed by atoms with E-state index in [1.54, 1.807) is 23.4 Å². The molecule has 2 heterocycles. The molecule has 1 aliphatic rings. The largest absolute Gasteiger partial charge is 0.478 e. The number of carbonyl (C=O) groups is 2. The van der Waals surface area contributed by atoms with Crippen LogP contribution < -0.4 is 0 Å². The van der Waals surface area contributed by atoms with Gasteiger partial charge >= 0.3 is 5.97 Å². The third kappa shape index (κ3) is 3.49. The number of aromatic carboxylic acids is 1. The van der Waals surface area contributed by atoms with E-state index in [2.05, 4.69) is 5.10 Å². The predicted molar refractivity (Wildman–Crippen MR) is 101 cm³/mol. The maximum atomic E-state index is 12.9. The molecule has 0 saturated carbocycles. The summed E-state index contributed by atoms with van der Waals surface area (Å²) in [6.07, 6.45) is 4.96. The van der Waals surface area contributed by atoms with Crippen LogP contribution in [0.5, 0.6) is 0 Å². The van der Waals surface area contributed by atoms with Crippen molar-refractivity contribution in [3.05, 3.63) is 46.8 Å². The molecule has 6 nitrogen and oxygen atoms in total. The van der Waals surface area contributed by atoms with Gasteiger partial charge in [0.05, 0.1) is 17.9 Å². The molecule has 26 heavy (non-hydrogen) atoms. The first-order chi connectivity index (χ1) is 12.4. The highest BCUT2D eigenvalue weighted by Gasteiger charge is 2.27. The highest BCUT2D eigenvalue weighted by molar-refractivity contribution is 7.98. The standard InChI is InChI=1S/C19H23N3O3S/c1-12-4-5-15(26-3)10-16(12)18(23)21-8-6-14(7-9-21)22-13(2)17(11-20-22)19(24)25/h4-5,10-11,14H,6-9H2,1-3H3,(H,24,25). The average molecular weight is 373 g/mol. The summed E-state index contributed by atoms with van der Waals surface area (Å²) in [4.78, 5) is 27.1. The third-order valence-electron chi connectivity index (χ3n) is 5.05. The van der Waals surface area contributed by atoms with Crippen molar-refractivity contribution >= 4 is 23.6 Å². The number of benzene rings is 1. The minimum absolute atomic E-state index is 0.0697. The Bertz CT molecular complexity index is 839. The summed E-state index contributed by atoms with van der Waals surface area (Å²) in [6, 6.07) is 6.12. The molecule has 1 aliphatic heterocycles. The number of hydrogen-bond donors (Lipinski definition) is 1. The van der Waals surface area contributed by atoms with Crippen molar-refractivity contribution in [3.63, 3.8) is 0 Å². The van der Waals surface area contributed by atoms with Gasteiger partial charge in [-0.2, -0.15) is 5.10 Å². The molecule has 138 valence electrons. The molecule has 1 N–H and O–H groups in total. The number of nitrogens with zero attached hydrogens (tertiary/aromatic N) is 3. The Labute approximate surface area is 157 Å². The molecule has 0 bridgehead atoms. The summed E-state index contributed by atoms with van der Waals surface area (Å²) < 4.78 is 1.80. The summed E-state index contributed by atoms with van der Waals surface area (Å²) in [5.41, 5.74) is 2.67. The minimum Gasteiger partial charge on any atom is -0.478 e. The molecule has 7 heteroatoms. The number of thioether (sulfide) groups is 1. The summed E-state index contributed by atoms with van der Waals surface area (Å²) in [7, 11) is 0. The van der Waals surface area contributed by atoms with Crippen LogP contribution in [0.15, 0.2) is 29.3 Å². The number of aryl methyl sites for hydroxylation is 1. The molecule has 1 aromatic heterocycles. The lowest BCUT2D eigenvalue weighted by Gasteiger charge is -2.33. The number of carboxylic acid groups (broad SMARTS) is 1. The number of carbonyl (C=O) groups excluding carboxylic acids is 1. The molecule has 0 atom stereocenters. The molecule has 0 radical (unpaired) electrons.